The Hall–Kier alpha value is -1.19. The quantitative estimate of drug-likeness (QED) is 0.828. The lowest BCUT2D eigenvalue weighted by molar-refractivity contribution is 0.408. The number of nitrogens with one attached hydrogen (secondary N) is 1. The first-order chi connectivity index (χ1) is 8.11. The van der Waals surface area contributed by atoms with Gasteiger partial charge in [-0.2, -0.15) is 4.98 Å². The first-order valence-electron chi connectivity index (χ1n) is 4.50. The molecule has 1 N–H and O–H groups in total. The molecule has 2 aromatic heterocycles. The van der Waals surface area contributed by atoms with E-state index in [1.165, 1.54) is 6.26 Å². The van der Waals surface area contributed by atoms with E-state index in [1.807, 2.05) is 0 Å². The molecule has 0 saturated heterocycles. The second kappa shape index (κ2) is 4.98. The van der Waals surface area contributed by atoms with Gasteiger partial charge in [-0.25, -0.2) is 13.1 Å². The first-order valence-corrected chi connectivity index (χ1v) is 7.28. The van der Waals surface area contributed by atoms with Crippen molar-refractivity contribution in [2.24, 2.45) is 0 Å². The molecule has 2 rings (SSSR count). The molecule has 0 unspecified atom stereocenters. The second-order valence-electron chi connectivity index (χ2n) is 3.04. The molecular weight excluding hydrogens is 314 g/mol. The van der Waals surface area contributed by atoms with Gasteiger partial charge in [-0.3, -0.25) is 0 Å². The number of rotatable bonds is 5. The standard InChI is InChI=1S/C8H8BrN3O4S/c9-5-17(13,14)10-4-7-11-8(16-12-7)6-2-1-3-15-6/h1-3,10H,4-5H2. The van der Waals surface area contributed by atoms with Gasteiger partial charge in [0.05, 0.1) is 12.8 Å². The summed E-state index contributed by atoms with van der Waals surface area (Å²) in [5, 5.41) is 3.62. The van der Waals surface area contributed by atoms with Crippen LogP contribution in [0.15, 0.2) is 27.3 Å². The molecule has 92 valence electrons. The van der Waals surface area contributed by atoms with Crippen molar-refractivity contribution >= 4 is 26.0 Å². The van der Waals surface area contributed by atoms with Crippen LogP contribution in [0.25, 0.3) is 11.7 Å². The fourth-order valence-corrected chi connectivity index (χ4v) is 1.95. The Morgan fingerprint density at radius 3 is 2.94 bits per heavy atom. The monoisotopic (exact) mass is 321 g/mol. The fourth-order valence-electron chi connectivity index (χ4n) is 1.04. The minimum Gasteiger partial charge on any atom is -0.459 e. The molecule has 0 aliphatic rings. The molecule has 0 aliphatic carbocycles. The number of nitrogens with zero attached hydrogens (tertiary/aromatic N) is 2. The fraction of sp³-hybridized carbons (Fsp3) is 0.250. The van der Waals surface area contributed by atoms with E-state index in [0.717, 1.165) is 0 Å². The van der Waals surface area contributed by atoms with Gasteiger partial charge in [-0.05, 0) is 12.1 Å². The third-order valence-corrected chi connectivity index (χ3v) is 4.47. The average molecular weight is 322 g/mol. The molecule has 2 heterocycles. The largest absolute Gasteiger partial charge is 0.459 e. The van der Waals surface area contributed by atoms with Crippen LogP contribution in [0, 0.1) is 0 Å². The van der Waals surface area contributed by atoms with E-state index < -0.39 is 10.0 Å². The van der Waals surface area contributed by atoms with Gasteiger partial charge in [0, 0.05) is 0 Å². The van der Waals surface area contributed by atoms with E-state index in [0.29, 0.717) is 5.76 Å². The lowest BCUT2D eigenvalue weighted by atomic mass is 10.4. The van der Waals surface area contributed by atoms with E-state index in [4.69, 9.17) is 8.94 Å². The van der Waals surface area contributed by atoms with Gasteiger partial charge in [0.2, 0.25) is 10.0 Å². The van der Waals surface area contributed by atoms with Crippen LogP contribution in [0.2, 0.25) is 0 Å². The highest BCUT2D eigenvalue weighted by atomic mass is 79.9. The molecule has 0 radical (unpaired) electrons. The third-order valence-electron chi connectivity index (χ3n) is 1.79. The summed E-state index contributed by atoms with van der Waals surface area (Å²) in [6.07, 6.45) is 1.48. The normalized spacial score (nSPS) is 11.8. The van der Waals surface area contributed by atoms with E-state index in [2.05, 4.69) is 30.8 Å². The Morgan fingerprint density at radius 2 is 2.29 bits per heavy atom. The molecule has 0 aromatic carbocycles. The third kappa shape index (κ3) is 3.14. The molecular formula is C8H8BrN3O4S. The Labute approximate surface area is 105 Å². The Kier molecular flexibility index (Phi) is 3.60. The summed E-state index contributed by atoms with van der Waals surface area (Å²) in [6.45, 7) is -0.0296. The van der Waals surface area contributed by atoms with Crippen LogP contribution in [0.5, 0.6) is 0 Å². The van der Waals surface area contributed by atoms with E-state index in [9.17, 15) is 8.42 Å². The van der Waals surface area contributed by atoms with Crippen molar-refractivity contribution in [3.8, 4) is 11.7 Å². The zero-order valence-corrected chi connectivity index (χ0v) is 10.9. The van der Waals surface area contributed by atoms with Crippen LogP contribution in [0.4, 0.5) is 0 Å². The van der Waals surface area contributed by atoms with Crippen molar-refractivity contribution in [3.63, 3.8) is 0 Å². The van der Waals surface area contributed by atoms with Crippen molar-refractivity contribution in [2.45, 2.75) is 6.54 Å². The smallest absolute Gasteiger partial charge is 0.293 e. The van der Waals surface area contributed by atoms with Gasteiger partial charge in [0.1, 0.15) is 4.66 Å². The molecule has 2 aromatic rings. The minimum atomic E-state index is -3.34. The summed E-state index contributed by atoms with van der Waals surface area (Å²) in [5.41, 5.74) is 0. The van der Waals surface area contributed by atoms with Crippen molar-refractivity contribution in [3.05, 3.63) is 24.2 Å². The molecule has 0 bridgehead atoms. The Bertz CT molecular complexity index is 578. The maximum absolute atomic E-state index is 11.1. The van der Waals surface area contributed by atoms with Gasteiger partial charge >= 0.3 is 0 Å². The van der Waals surface area contributed by atoms with Gasteiger partial charge < -0.3 is 8.94 Å². The zero-order chi connectivity index (χ0) is 12.3. The van der Waals surface area contributed by atoms with Crippen molar-refractivity contribution in [1.82, 2.24) is 14.9 Å². The lowest BCUT2D eigenvalue weighted by Gasteiger charge is -1.98. The molecule has 0 saturated carbocycles. The SMILES string of the molecule is O=S(=O)(CBr)NCc1noc(-c2ccco2)n1. The van der Waals surface area contributed by atoms with Gasteiger partial charge in [-0.1, -0.05) is 21.1 Å². The molecule has 17 heavy (non-hydrogen) atoms. The summed E-state index contributed by atoms with van der Waals surface area (Å²) >= 11 is 2.85. The van der Waals surface area contributed by atoms with Crippen LogP contribution in [-0.4, -0.2) is 23.2 Å². The Balaban J connectivity index is 2.05. The molecule has 0 aliphatic heterocycles. The highest BCUT2D eigenvalue weighted by Crippen LogP contribution is 2.16. The van der Waals surface area contributed by atoms with Crippen LogP contribution >= 0.6 is 15.9 Å². The summed E-state index contributed by atoms with van der Waals surface area (Å²) in [4.78, 5) is 3.98. The number of aromatic nitrogens is 2. The highest BCUT2D eigenvalue weighted by molar-refractivity contribution is 9.10. The molecule has 0 atom stereocenters. The van der Waals surface area contributed by atoms with Crippen LogP contribution in [-0.2, 0) is 16.6 Å². The second-order valence-corrected chi connectivity index (χ2v) is 6.15. The van der Waals surface area contributed by atoms with Gasteiger partial charge in [0.15, 0.2) is 11.6 Å². The highest BCUT2D eigenvalue weighted by Gasteiger charge is 2.13. The maximum atomic E-state index is 11.1. The lowest BCUT2D eigenvalue weighted by Crippen LogP contribution is -2.24. The molecule has 9 heteroatoms. The number of hydrogen-bond acceptors (Lipinski definition) is 6. The number of furan rings is 1. The zero-order valence-electron chi connectivity index (χ0n) is 8.46. The molecule has 0 fully saturated rings. The molecule has 7 nitrogen and oxygen atoms in total. The van der Waals surface area contributed by atoms with Crippen LogP contribution in [0.3, 0.4) is 0 Å². The number of halogens is 1. The minimum absolute atomic E-state index is 0.0296. The van der Waals surface area contributed by atoms with E-state index >= 15 is 0 Å². The van der Waals surface area contributed by atoms with E-state index in [-0.39, 0.29) is 22.9 Å². The summed E-state index contributed by atoms with van der Waals surface area (Å²) in [7, 11) is -3.34. The van der Waals surface area contributed by atoms with E-state index in [1.54, 1.807) is 12.1 Å². The van der Waals surface area contributed by atoms with Crippen molar-refractivity contribution in [2.75, 3.05) is 4.66 Å². The topological polar surface area (TPSA) is 98.2 Å². The predicted molar refractivity (Wildman–Crippen MR) is 61.6 cm³/mol. The summed E-state index contributed by atoms with van der Waals surface area (Å²) in [5.74, 6) is 0.885. The van der Waals surface area contributed by atoms with Crippen molar-refractivity contribution in [1.29, 1.82) is 0 Å². The number of hydrogen-bond donors (Lipinski definition) is 1. The molecule has 0 spiro atoms. The van der Waals surface area contributed by atoms with Crippen molar-refractivity contribution < 1.29 is 17.4 Å². The first kappa shape index (κ1) is 12.3. The van der Waals surface area contributed by atoms with Gasteiger partial charge in [0.25, 0.3) is 5.89 Å². The summed E-state index contributed by atoms with van der Waals surface area (Å²) < 4.78 is 34.4. The summed E-state index contributed by atoms with van der Waals surface area (Å²) in [6, 6.07) is 3.35. The predicted octanol–water partition coefficient (Wildman–Crippen LogP) is 1.10. The Morgan fingerprint density at radius 1 is 1.47 bits per heavy atom. The average Bonchev–Trinajstić information content (AvgIpc) is 2.97. The molecule has 0 amide bonds. The number of sulfonamides is 1. The van der Waals surface area contributed by atoms with Gasteiger partial charge in [-0.15, -0.1) is 0 Å². The number of alkyl halides is 1. The van der Waals surface area contributed by atoms with Crippen LogP contribution < -0.4 is 4.72 Å². The van der Waals surface area contributed by atoms with Crippen LogP contribution in [0.1, 0.15) is 5.82 Å². The maximum Gasteiger partial charge on any atom is 0.293 e.